The van der Waals surface area contributed by atoms with Crippen molar-refractivity contribution in [2.75, 3.05) is 18.0 Å². The van der Waals surface area contributed by atoms with Gasteiger partial charge in [-0.1, -0.05) is 6.92 Å². The van der Waals surface area contributed by atoms with Crippen LogP contribution in [0.5, 0.6) is 0 Å². The van der Waals surface area contributed by atoms with Crippen LogP contribution in [0.4, 0.5) is 5.95 Å². The van der Waals surface area contributed by atoms with Gasteiger partial charge in [-0.15, -0.1) is 0 Å². The Morgan fingerprint density at radius 1 is 1.23 bits per heavy atom. The van der Waals surface area contributed by atoms with Crippen molar-refractivity contribution in [2.24, 2.45) is 7.05 Å². The number of hydrogen-bond donors (Lipinski definition) is 0. The van der Waals surface area contributed by atoms with Crippen LogP contribution < -0.4 is 10.5 Å². The number of pyridine rings is 1. The summed E-state index contributed by atoms with van der Waals surface area (Å²) >= 11 is 0. The fourth-order valence-electron chi connectivity index (χ4n) is 2.92. The second kappa shape index (κ2) is 6.30. The van der Waals surface area contributed by atoms with E-state index in [4.69, 9.17) is 0 Å². The molecular weight excluding hydrogens is 276 g/mol. The number of rotatable bonds is 3. The molecule has 5 nitrogen and oxygen atoms in total. The molecule has 2 aromatic heterocycles. The lowest BCUT2D eigenvalue weighted by molar-refractivity contribution is 0.498. The maximum Gasteiger partial charge on any atom is 0.250 e. The molecule has 5 heteroatoms. The molecule has 0 radical (unpaired) electrons. The van der Waals surface area contributed by atoms with Crippen molar-refractivity contribution in [3.05, 3.63) is 52.2 Å². The van der Waals surface area contributed by atoms with Crippen molar-refractivity contribution in [2.45, 2.75) is 32.1 Å². The van der Waals surface area contributed by atoms with Crippen molar-refractivity contribution in [1.29, 1.82) is 0 Å². The second-order valence-electron chi connectivity index (χ2n) is 5.92. The van der Waals surface area contributed by atoms with E-state index >= 15 is 0 Å². The zero-order valence-electron chi connectivity index (χ0n) is 13.2. The summed E-state index contributed by atoms with van der Waals surface area (Å²) in [4.78, 5) is 22.9. The van der Waals surface area contributed by atoms with Crippen LogP contribution in [0.15, 0.2) is 35.5 Å². The van der Waals surface area contributed by atoms with Gasteiger partial charge in [-0.05, 0) is 42.4 Å². The summed E-state index contributed by atoms with van der Waals surface area (Å²) in [7, 11) is 1.78. The van der Waals surface area contributed by atoms with Gasteiger partial charge in [-0.25, -0.2) is 9.97 Å². The Labute approximate surface area is 130 Å². The molecule has 0 bridgehead atoms. The van der Waals surface area contributed by atoms with Crippen molar-refractivity contribution in [1.82, 2.24) is 14.5 Å². The number of aryl methyl sites for hydroxylation is 2. The molecule has 0 unspecified atom stereocenters. The highest BCUT2D eigenvalue weighted by Gasteiger charge is 2.22. The molecule has 0 aliphatic carbocycles. The molecule has 0 aromatic carbocycles. The average Bonchev–Trinajstić information content (AvgIpc) is 2.58. The standard InChI is InChI=1S/C17H22N4O/c1-3-13-11-18-17(19-12-13)21-8-5-14(6-9-21)15-4-7-20(2)16(22)10-15/h4,7,10-12,14H,3,5-6,8-9H2,1-2H3. The summed E-state index contributed by atoms with van der Waals surface area (Å²) in [5.41, 5.74) is 2.39. The second-order valence-corrected chi connectivity index (χ2v) is 5.92. The van der Waals surface area contributed by atoms with Gasteiger partial charge >= 0.3 is 0 Å². The highest BCUT2D eigenvalue weighted by atomic mass is 16.1. The molecule has 0 spiro atoms. The summed E-state index contributed by atoms with van der Waals surface area (Å²) < 4.78 is 1.61. The lowest BCUT2D eigenvalue weighted by Crippen LogP contribution is -2.34. The molecule has 3 heterocycles. The predicted molar refractivity (Wildman–Crippen MR) is 87.3 cm³/mol. The predicted octanol–water partition coefficient (Wildman–Crippen LogP) is 2.12. The summed E-state index contributed by atoms with van der Waals surface area (Å²) in [6, 6.07) is 3.83. The van der Waals surface area contributed by atoms with Gasteiger partial charge < -0.3 is 9.47 Å². The first-order chi connectivity index (χ1) is 10.7. The Morgan fingerprint density at radius 2 is 1.91 bits per heavy atom. The van der Waals surface area contributed by atoms with E-state index in [2.05, 4.69) is 27.9 Å². The lowest BCUT2D eigenvalue weighted by atomic mass is 9.90. The third kappa shape index (κ3) is 3.03. The maximum atomic E-state index is 11.8. The zero-order chi connectivity index (χ0) is 15.5. The summed E-state index contributed by atoms with van der Waals surface area (Å²) in [6.45, 7) is 3.98. The average molecular weight is 298 g/mol. The SMILES string of the molecule is CCc1cnc(N2CCC(c3ccn(C)c(=O)c3)CC2)nc1. The number of nitrogens with zero attached hydrogens (tertiary/aromatic N) is 4. The molecule has 2 aromatic rings. The quantitative estimate of drug-likeness (QED) is 0.871. The molecule has 0 saturated carbocycles. The number of aromatic nitrogens is 3. The van der Waals surface area contributed by atoms with Gasteiger partial charge in [0.1, 0.15) is 0 Å². The Morgan fingerprint density at radius 3 is 2.50 bits per heavy atom. The third-order valence-electron chi connectivity index (χ3n) is 4.48. The molecule has 0 atom stereocenters. The largest absolute Gasteiger partial charge is 0.341 e. The van der Waals surface area contributed by atoms with E-state index in [0.29, 0.717) is 5.92 Å². The molecular formula is C17H22N4O. The van der Waals surface area contributed by atoms with E-state index in [1.807, 2.05) is 18.6 Å². The third-order valence-corrected chi connectivity index (χ3v) is 4.48. The van der Waals surface area contributed by atoms with Gasteiger partial charge in [0.25, 0.3) is 5.56 Å². The molecule has 1 saturated heterocycles. The molecule has 1 aliphatic heterocycles. The van der Waals surface area contributed by atoms with E-state index in [1.165, 1.54) is 5.56 Å². The maximum absolute atomic E-state index is 11.8. The molecule has 3 rings (SSSR count). The van der Waals surface area contributed by atoms with Crippen LogP contribution in [0, 0.1) is 0 Å². The van der Waals surface area contributed by atoms with E-state index < -0.39 is 0 Å². The van der Waals surface area contributed by atoms with Gasteiger partial charge in [-0.2, -0.15) is 0 Å². The lowest BCUT2D eigenvalue weighted by Gasteiger charge is -2.32. The van der Waals surface area contributed by atoms with Crippen LogP contribution in [0.25, 0.3) is 0 Å². The first-order valence-electron chi connectivity index (χ1n) is 7.90. The Bertz CT molecular complexity index is 685. The number of piperidine rings is 1. The Balaban J connectivity index is 1.66. The van der Waals surface area contributed by atoms with E-state index in [-0.39, 0.29) is 5.56 Å². The van der Waals surface area contributed by atoms with Crippen molar-refractivity contribution >= 4 is 5.95 Å². The Hall–Kier alpha value is -2.17. The molecule has 116 valence electrons. The first kappa shape index (κ1) is 14.8. The van der Waals surface area contributed by atoms with Crippen molar-refractivity contribution < 1.29 is 0 Å². The topological polar surface area (TPSA) is 51.0 Å². The minimum Gasteiger partial charge on any atom is -0.341 e. The molecule has 1 fully saturated rings. The minimum atomic E-state index is 0.0680. The van der Waals surface area contributed by atoms with Gasteiger partial charge in [0.15, 0.2) is 0 Å². The van der Waals surface area contributed by atoms with Crippen LogP contribution in [0.2, 0.25) is 0 Å². The highest BCUT2D eigenvalue weighted by Crippen LogP contribution is 2.28. The molecule has 0 N–H and O–H groups in total. The van der Waals surface area contributed by atoms with Crippen LogP contribution in [-0.4, -0.2) is 27.6 Å². The van der Waals surface area contributed by atoms with Crippen LogP contribution in [0.1, 0.15) is 36.8 Å². The van der Waals surface area contributed by atoms with Gasteiger partial charge in [0, 0.05) is 44.8 Å². The van der Waals surface area contributed by atoms with Gasteiger partial charge in [0.05, 0.1) is 0 Å². The normalized spacial score (nSPS) is 16.0. The van der Waals surface area contributed by atoms with Gasteiger partial charge in [-0.3, -0.25) is 4.79 Å². The number of anilines is 1. The van der Waals surface area contributed by atoms with Crippen LogP contribution >= 0.6 is 0 Å². The number of hydrogen-bond acceptors (Lipinski definition) is 4. The summed E-state index contributed by atoms with van der Waals surface area (Å²) in [6.07, 6.45) is 8.71. The van der Waals surface area contributed by atoms with E-state index in [0.717, 1.165) is 43.9 Å². The Kier molecular flexibility index (Phi) is 4.22. The zero-order valence-corrected chi connectivity index (χ0v) is 13.2. The van der Waals surface area contributed by atoms with E-state index in [1.54, 1.807) is 17.7 Å². The summed E-state index contributed by atoms with van der Waals surface area (Å²) in [5, 5.41) is 0. The highest BCUT2D eigenvalue weighted by molar-refractivity contribution is 5.32. The van der Waals surface area contributed by atoms with Crippen LogP contribution in [-0.2, 0) is 13.5 Å². The minimum absolute atomic E-state index is 0.0680. The monoisotopic (exact) mass is 298 g/mol. The summed E-state index contributed by atoms with van der Waals surface area (Å²) in [5.74, 6) is 1.28. The fraction of sp³-hybridized carbons (Fsp3) is 0.471. The molecule has 1 aliphatic rings. The first-order valence-corrected chi connectivity index (χ1v) is 7.90. The van der Waals surface area contributed by atoms with Gasteiger partial charge in [0.2, 0.25) is 5.95 Å². The van der Waals surface area contributed by atoms with Crippen molar-refractivity contribution in [3.63, 3.8) is 0 Å². The molecule has 0 amide bonds. The molecule has 22 heavy (non-hydrogen) atoms. The fourth-order valence-corrected chi connectivity index (χ4v) is 2.92. The smallest absolute Gasteiger partial charge is 0.250 e. The van der Waals surface area contributed by atoms with Crippen molar-refractivity contribution in [3.8, 4) is 0 Å². The van der Waals surface area contributed by atoms with Crippen LogP contribution in [0.3, 0.4) is 0 Å². The van der Waals surface area contributed by atoms with E-state index in [9.17, 15) is 4.79 Å².